The number of rotatable bonds is 7. The minimum absolute atomic E-state index is 0.0751. The molecule has 1 amide bonds. The second-order valence-corrected chi connectivity index (χ2v) is 8.21. The van der Waals surface area contributed by atoms with E-state index in [2.05, 4.69) is 4.72 Å². The van der Waals surface area contributed by atoms with Crippen LogP contribution in [0.2, 0.25) is 0 Å². The van der Waals surface area contributed by atoms with E-state index in [-0.39, 0.29) is 23.5 Å². The molecule has 1 aromatic rings. The van der Waals surface area contributed by atoms with Crippen molar-refractivity contribution in [1.82, 2.24) is 9.62 Å². The van der Waals surface area contributed by atoms with Gasteiger partial charge in [-0.15, -0.1) is 0 Å². The summed E-state index contributed by atoms with van der Waals surface area (Å²) >= 11 is 0. The lowest BCUT2D eigenvalue weighted by Gasteiger charge is -2.35. The van der Waals surface area contributed by atoms with Crippen LogP contribution in [0.3, 0.4) is 0 Å². The Kier molecular flexibility index (Phi) is 7.16. The number of benzene rings is 1. The number of nitrogens with zero attached hydrogens (tertiary/aromatic N) is 1. The number of nitrogens with one attached hydrogen (secondary N) is 1. The van der Waals surface area contributed by atoms with Crippen LogP contribution in [0, 0.1) is 6.92 Å². The number of ether oxygens (including phenoxy) is 1. The van der Waals surface area contributed by atoms with Gasteiger partial charge in [0.05, 0.1) is 4.90 Å². The van der Waals surface area contributed by atoms with Gasteiger partial charge in [0.25, 0.3) is 5.91 Å². The Hall–Kier alpha value is -1.93. The van der Waals surface area contributed by atoms with Crippen molar-refractivity contribution in [2.45, 2.75) is 50.5 Å². The molecule has 1 aromatic carbocycles. The Morgan fingerprint density at radius 3 is 2.58 bits per heavy atom. The number of carbonyl (C=O) groups excluding carboxylic acids is 2. The highest BCUT2D eigenvalue weighted by Crippen LogP contribution is 2.19. The molecule has 26 heavy (non-hydrogen) atoms. The third-order valence-corrected chi connectivity index (χ3v) is 5.93. The molecule has 0 bridgehead atoms. The zero-order valence-corrected chi connectivity index (χ0v) is 16.0. The Morgan fingerprint density at radius 1 is 1.23 bits per heavy atom. The lowest BCUT2D eigenvalue weighted by molar-refractivity contribution is -0.152. The molecule has 1 fully saturated rings. The van der Waals surface area contributed by atoms with Crippen molar-refractivity contribution < 1.29 is 22.7 Å². The lowest BCUT2D eigenvalue weighted by Crippen LogP contribution is -2.45. The zero-order valence-electron chi connectivity index (χ0n) is 15.2. The van der Waals surface area contributed by atoms with E-state index in [0.29, 0.717) is 6.54 Å². The summed E-state index contributed by atoms with van der Waals surface area (Å²) in [4.78, 5) is 25.9. The molecule has 7 nitrogen and oxygen atoms in total. The summed E-state index contributed by atoms with van der Waals surface area (Å²) in [5.41, 5.74) is 0.935. The third-order valence-electron chi connectivity index (χ3n) is 4.51. The van der Waals surface area contributed by atoms with E-state index in [4.69, 9.17) is 4.74 Å². The molecule has 1 aliphatic heterocycles. The van der Waals surface area contributed by atoms with Gasteiger partial charge in [-0.2, -0.15) is 4.72 Å². The van der Waals surface area contributed by atoms with Gasteiger partial charge in [0.2, 0.25) is 10.0 Å². The lowest BCUT2D eigenvalue weighted by atomic mass is 10.00. The van der Waals surface area contributed by atoms with Crippen LogP contribution in [0.25, 0.3) is 0 Å². The van der Waals surface area contributed by atoms with Crippen molar-refractivity contribution in [2.75, 3.05) is 19.7 Å². The number of piperidine rings is 1. The van der Waals surface area contributed by atoms with Crippen molar-refractivity contribution >= 4 is 21.9 Å². The Bertz CT molecular complexity index is 730. The normalized spacial score (nSPS) is 17.8. The largest absolute Gasteiger partial charge is 0.455 e. The highest BCUT2D eigenvalue weighted by Gasteiger charge is 2.26. The van der Waals surface area contributed by atoms with Gasteiger partial charge in [-0.05, 0) is 44.7 Å². The molecule has 1 aliphatic rings. The van der Waals surface area contributed by atoms with E-state index in [1.807, 2.05) is 13.8 Å². The van der Waals surface area contributed by atoms with Crippen LogP contribution in [0.1, 0.15) is 38.2 Å². The first kappa shape index (κ1) is 20.4. The fourth-order valence-corrected chi connectivity index (χ4v) is 3.95. The molecule has 0 unspecified atom stereocenters. The zero-order chi connectivity index (χ0) is 19.2. The first-order valence-electron chi connectivity index (χ1n) is 8.85. The maximum Gasteiger partial charge on any atom is 0.321 e. The predicted molar refractivity (Wildman–Crippen MR) is 97.0 cm³/mol. The smallest absolute Gasteiger partial charge is 0.321 e. The second kappa shape index (κ2) is 9.14. The number of carbonyl (C=O) groups is 2. The summed E-state index contributed by atoms with van der Waals surface area (Å²) in [6.07, 6.45) is 3.89. The Morgan fingerprint density at radius 2 is 1.92 bits per heavy atom. The molecular weight excluding hydrogens is 356 g/mol. The van der Waals surface area contributed by atoms with Gasteiger partial charge in [-0.1, -0.05) is 24.6 Å². The highest BCUT2D eigenvalue weighted by molar-refractivity contribution is 7.89. The molecule has 0 aromatic heterocycles. The van der Waals surface area contributed by atoms with Gasteiger partial charge in [0.15, 0.2) is 6.61 Å². The maximum atomic E-state index is 12.2. The van der Waals surface area contributed by atoms with E-state index in [0.717, 1.165) is 31.2 Å². The Balaban J connectivity index is 1.81. The molecule has 8 heteroatoms. The minimum atomic E-state index is -3.79. The van der Waals surface area contributed by atoms with Gasteiger partial charge in [-0.25, -0.2) is 8.42 Å². The van der Waals surface area contributed by atoms with Gasteiger partial charge in [-0.3, -0.25) is 9.59 Å². The number of likely N-dealkylation sites (tertiary alicyclic amines) is 1. The number of aryl methyl sites for hydroxylation is 1. The van der Waals surface area contributed by atoms with Crippen LogP contribution in [0.4, 0.5) is 0 Å². The number of esters is 1. The predicted octanol–water partition coefficient (Wildman–Crippen LogP) is 1.61. The van der Waals surface area contributed by atoms with E-state index in [9.17, 15) is 18.0 Å². The summed E-state index contributed by atoms with van der Waals surface area (Å²) in [6, 6.07) is 6.47. The molecule has 2 rings (SSSR count). The number of sulfonamides is 1. The average Bonchev–Trinajstić information content (AvgIpc) is 2.64. The molecule has 144 valence electrons. The molecule has 1 heterocycles. The summed E-state index contributed by atoms with van der Waals surface area (Å²) in [5.74, 6) is -1.01. The number of hydrogen-bond donors (Lipinski definition) is 1. The van der Waals surface area contributed by atoms with Gasteiger partial charge >= 0.3 is 5.97 Å². The van der Waals surface area contributed by atoms with E-state index in [1.54, 1.807) is 17.0 Å². The third kappa shape index (κ3) is 5.54. The van der Waals surface area contributed by atoms with Crippen LogP contribution in [0.5, 0.6) is 0 Å². The summed E-state index contributed by atoms with van der Waals surface area (Å²) in [7, 11) is -3.79. The van der Waals surface area contributed by atoms with Crippen molar-refractivity contribution in [2.24, 2.45) is 0 Å². The van der Waals surface area contributed by atoms with E-state index in [1.165, 1.54) is 12.1 Å². The highest BCUT2D eigenvalue weighted by atomic mass is 32.2. The van der Waals surface area contributed by atoms with Crippen molar-refractivity contribution in [3.63, 3.8) is 0 Å². The standard InChI is InChI=1S/C18H26N2O5S/c1-3-15-6-4-5-11-20(15)17(21)13-25-18(22)12-19-26(23,24)16-9-7-14(2)8-10-16/h7-10,15,19H,3-6,11-13H2,1-2H3/t15-/m1/s1. The molecule has 0 saturated carbocycles. The molecular formula is C18H26N2O5S. The van der Waals surface area contributed by atoms with Gasteiger partial charge in [0, 0.05) is 12.6 Å². The quantitative estimate of drug-likeness (QED) is 0.723. The van der Waals surface area contributed by atoms with Crippen LogP contribution in [-0.4, -0.2) is 50.9 Å². The second-order valence-electron chi connectivity index (χ2n) is 6.44. The number of amides is 1. The summed E-state index contributed by atoms with van der Waals surface area (Å²) in [5, 5.41) is 0. The fraction of sp³-hybridized carbons (Fsp3) is 0.556. The van der Waals surface area contributed by atoms with Gasteiger partial charge < -0.3 is 9.64 Å². The van der Waals surface area contributed by atoms with Crippen molar-refractivity contribution in [1.29, 1.82) is 0 Å². The summed E-state index contributed by atoms with van der Waals surface area (Å²) < 4.78 is 31.4. The van der Waals surface area contributed by atoms with Crippen molar-refractivity contribution in [3.05, 3.63) is 29.8 Å². The molecule has 0 radical (unpaired) electrons. The topological polar surface area (TPSA) is 92.8 Å². The van der Waals surface area contributed by atoms with Crippen molar-refractivity contribution in [3.8, 4) is 0 Å². The molecule has 0 spiro atoms. The van der Waals surface area contributed by atoms with Crippen LogP contribution >= 0.6 is 0 Å². The molecule has 1 atom stereocenters. The van der Waals surface area contributed by atoms with Crippen LogP contribution in [0.15, 0.2) is 29.2 Å². The van der Waals surface area contributed by atoms with E-state index >= 15 is 0 Å². The first-order chi connectivity index (χ1) is 12.3. The SMILES string of the molecule is CC[C@@H]1CCCCN1C(=O)COC(=O)CNS(=O)(=O)c1ccc(C)cc1. The average molecular weight is 382 g/mol. The molecule has 1 N–H and O–H groups in total. The van der Waals surface area contributed by atoms with Crippen LogP contribution < -0.4 is 4.72 Å². The van der Waals surface area contributed by atoms with E-state index < -0.39 is 22.5 Å². The summed E-state index contributed by atoms with van der Waals surface area (Å²) in [6.45, 7) is 3.68. The Labute approximate surface area is 154 Å². The molecule has 1 saturated heterocycles. The minimum Gasteiger partial charge on any atom is -0.455 e. The molecule has 0 aliphatic carbocycles. The monoisotopic (exact) mass is 382 g/mol. The van der Waals surface area contributed by atoms with Crippen LogP contribution in [-0.2, 0) is 24.3 Å². The fourth-order valence-electron chi connectivity index (χ4n) is 2.98. The number of hydrogen-bond acceptors (Lipinski definition) is 5. The maximum absolute atomic E-state index is 12.2. The van der Waals surface area contributed by atoms with Gasteiger partial charge in [0.1, 0.15) is 6.54 Å². The first-order valence-corrected chi connectivity index (χ1v) is 10.3.